The van der Waals surface area contributed by atoms with Crippen LogP contribution in [0.2, 0.25) is 5.02 Å². The van der Waals surface area contributed by atoms with E-state index in [4.69, 9.17) is 20.8 Å². The maximum absolute atomic E-state index is 12.3. The molecule has 1 aliphatic heterocycles. The van der Waals surface area contributed by atoms with Crippen LogP contribution in [0.25, 0.3) is 0 Å². The van der Waals surface area contributed by atoms with Crippen LogP contribution < -0.4 is 4.74 Å². The van der Waals surface area contributed by atoms with Gasteiger partial charge in [-0.25, -0.2) is 0 Å². The molecule has 0 saturated carbocycles. The van der Waals surface area contributed by atoms with Crippen molar-refractivity contribution in [3.8, 4) is 5.75 Å². The van der Waals surface area contributed by atoms with E-state index < -0.39 is 0 Å². The quantitative estimate of drug-likeness (QED) is 0.759. The summed E-state index contributed by atoms with van der Waals surface area (Å²) in [5.41, 5.74) is 0. The second-order valence-corrected chi connectivity index (χ2v) is 6.49. The number of amides is 1. The molecule has 0 N–H and O–H groups in total. The number of para-hydroxylation sites is 1. The molecule has 5 nitrogen and oxygen atoms in total. The second-order valence-electron chi connectivity index (χ2n) is 6.08. The van der Waals surface area contributed by atoms with E-state index in [2.05, 4.69) is 4.90 Å². The highest BCUT2D eigenvalue weighted by molar-refractivity contribution is 6.32. The third-order valence-corrected chi connectivity index (χ3v) is 4.70. The van der Waals surface area contributed by atoms with Crippen molar-refractivity contribution in [1.82, 2.24) is 9.80 Å². The number of rotatable bonds is 7. The van der Waals surface area contributed by atoms with Gasteiger partial charge < -0.3 is 14.1 Å². The van der Waals surface area contributed by atoms with E-state index in [1.165, 1.54) is 0 Å². The number of halogens is 1. The summed E-state index contributed by atoms with van der Waals surface area (Å²) in [7, 11) is 0. The zero-order valence-corrected chi connectivity index (χ0v) is 15.0. The molecule has 2 heterocycles. The van der Waals surface area contributed by atoms with Gasteiger partial charge in [0.1, 0.15) is 18.1 Å². The number of hydrogen-bond donors (Lipinski definition) is 0. The first-order valence-electron chi connectivity index (χ1n) is 8.62. The number of furan rings is 1. The molecule has 25 heavy (non-hydrogen) atoms. The normalized spacial score (nSPS) is 15.3. The summed E-state index contributed by atoms with van der Waals surface area (Å²) in [6, 6.07) is 11.3. The van der Waals surface area contributed by atoms with Crippen LogP contribution in [-0.4, -0.2) is 55.0 Å². The molecule has 0 aliphatic carbocycles. The Hall–Kier alpha value is -1.98. The van der Waals surface area contributed by atoms with Gasteiger partial charge in [-0.2, -0.15) is 0 Å². The maximum atomic E-state index is 12.3. The largest absolute Gasteiger partial charge is 0.491 e. The Labute approximate surface area is 153 Å². The number of piperazine rings is 1. The molecule has 1 amide bonds. The van der Waals surface area contributed by atoms with Crippen molar-refractivity contribution in [3.05, 3.63) is 53.4 Å². The van der Waals surface area contributed by atoms with Crippen molar-refractivity contribution in [1.29, 1.82) is 0 Å². The third-order valence-electron chi connectivity index (χ3n) is 4.39. The van der Waals surface area contributed by atoms with Gasteiger partial charge in [-0.15, -0.1) is 0 Å². The lowest BCUT2D eigenvalue weighted by Gasteiger charge is -2.34. The average Bonchev–Trinajstić information content (AvgIpc) is 3.15. The van der Waals surface area contributed by atoms with E-state index in [1.807, 2.05) is 41.3 Å². The number of carbonyl (C=O) groups is 1. The van der Waals surface area contributed by atoms with Crippen molar-refractivity contribution in [3.63, 3.8) is 0 Å². The standard InChI is InChI=1S/C19H23ClN2O3/c20-17-5-1-2-6-18(17)25-15-13-21-9-11-22(12-10-21)19(23)8-7-16-4-3-14-24-16/h1-6,14H,7-13,15H2. The van der Waals surface area contributed by atoms with E-state index in [1.54, 1.807) is 6.26 Å². The Kier molecular flexibility index (Phi) is 6.36. The van der Waals surface area contributed by atoms with Crippen LogP contribution in [-0.2, 0) is 11.2 Å². The van der Waals surface area contributed by atoms with Gasteiger partial charge in [-0.1, -0.05) is 23.7 Å². The molecule has 1 aromatic heterocycles. The summed E-state index contributed by atoms with van der Waals surface area (Å²) in [6.45, 7) is 4.71. The molecule has 1 aliphatic rings. The number of nitrogens with zero attached hydrogens (tertiary/aromatic N) is 2. The lowest BCUT2D eigenvalue weighted by Crippen LogP contribution is -2.49. The molecule has 6 heteroatoms. The summed E-state index contributed by atoms with van der Waals surface area (Å²) in [4.78, 5) is 16.5. The van der Waals surface area contributed by atoms with Crippen LogP contribution in [0.4, 0.5) is 0 Å². The van der Waals surface area contributed by atoms with Crippen molar-refractivity contribution >= 4 is 17.5 Å². The van der Waals surface area contributed by atoms with Crippen molar-refractivity contribution in [2.45, 2.75) is 12.8 Å². The fourth-order valence-corrected chi connectivity index (χ4v) is 3.10. The minimum atomic E-state index is 0.198. The Morgan fingerprint density at radius 3 is 2.64 bits per heavy atom. The summed E-state index contributed by atoms with van der Waals surface area (Å²) in [5, 5.41) is 0.634. The molecule has 1 fully saturated rings. The minimum absolute atomic E-state index is 0.198. The number of hydrogen-bond acceptors (Lipinski definition) is 4. The zero-order chi connectivity index (χ0) is 17.5. The highest BCUT2D eigenvalue weighted by atomic mass is 35.5. The molecule has 1 saturated heterocycles. The Morgan fingerprint density at radius 2 is 1.92 bits per heavy atom. The molecule has 1 aromatic carbocycles. The predicted molar refractivity (Wildman–Crippen MR) is 97.0 cm³/mol. The van der Waals surface area contributed by atoms with Crippen molar-refractivity contribution < 1.29 is 13.9 Å². The molecule has 2 aromatic rings. The van der Waals surface area contributed by atoms with Crippen molar-refractivity contribution in [2.75, 3.05) is 39.3 Å². The zero-order valence-electron chi connectivity index (χ0n) is 14.2. The number of ether oxygens (including phenoxy) is 1. The van der Waals surface area contributed by atoms with E-state index in [-0.39, 0.29) is 5.91 Å². The number of benzene rings is 1. The van der Waals surface area contributed by atoms with Gasteiger partial charge in [0.25, 0.3) is 0 Å². The van der Waals surface area contributed by atoms with Gasteiger partial charge in [0, 0.05) is 45.6 Å². The molecular formula is C19H23ClN2O3. The minimum Gasteiger partial charge on any atom is -0.491 e. The van der Waals surface area contributed by atoms with Gasteiger partial charge in [0.05, 0.1) is 11.3 Å². The number of aryl methyl sites for hydroxylation is 1. The highest BCUT2D eigenvalue weighted by Gasteiger charge is 2.20. The fourth-order valence-electron chi connectivity index (χ4n) is 2.91. The lowest BCUT2D eigenvalue weighted by atomic mass is 10.2. The van der Waals surface area contributed by atoms with Gasteiger partial charge in [0.15, 0.2) is 0 Å². The molecule has 0 bridgehead atoms. The molecule has 134 valence electrons. The lowest BCUT2D eigenvalue weighted by molar-refractivity contribution is -0.133. The van der Waals surface area contributed by atoms with Gasteiger partial charge in [-0.3, -0.25) is 9.69 Å². The fraction of sp³-hybridized carbons (Fsp3) is 0.421. The summed E-state index contributed by atoms with van der Waals surface area (Å²) in [6.07, 6.45) is 2.81. The monoisotopic (exact) mass is 362 g/mol. The molecular weight excluding hydrogens is 340 g/mol. The van der Waals surface area contributed by atoms with Crippen LogP contribution in [0.1, 0.15) is 12.2 Å². The second kappa shape index (κ2) is 8.92. The van der Waals surface area contributed by atoms with Gasteiger partial charge in [-0.05, 0) is 24.3 Å². The van der Waals surface area contributed by atoms with Crippen LogP contribution in [0.15, 0.2) is 47.1 Å². The van der Waals surface area contributed by atoms with Crippen molar-refractivity contribution in [2.24, 2.45) is 0 Å². The molecule has 3 rings (SSSR count). The first kappa shape index (κ1) is 17.8. The maximum Gasteiger partial charge on any atom is 0.223 e. The SMILES string of the molecule is O=C(CCc1ccco1)N1CCN(CCOc2ccccc2Cl)CC1. The highest BCUT2D eigenvalue weighted by Crippen LogP contribution is 2.22. The molecule has 0 atom stereocenters. The van der Waals surface area contributed by atoms with E-state index in [9.17, 15) is 4.79 Å². The summed E-state index contributed by atoms with van der Waals surface area (Å²) in [5.74, 6) is 1.78. The van der Waals surface area contributed by atoms with E-state index in [0.717, 1.165) is 44.2 Å². The predicted octanol–water partition coefficient (Wildman–Crippen LogP) is 3.09. The van der Waals surface area contributed by atoms with Gasteiger partial charge in [0.2, 0.25) is 5.91 Å². The smallest absolute Gasteiger partial charge is 0.223 e. The van der Waals surface area contributed by atoms with Crippen LogP contribution in [0.3, 0.4) is 0 Å². The summed E-state index contributed by atoms with van der Waals surface area (Å²) >= 11 is 6.08. The Bertz CT molecular complexity index is 667. The van der Waals surface area contributed by atoms with E-state index >= 15 is 0 Å². The molecule has 0 spiro atoms. The first-order valence-corrected chi connectivity index (χ1v) is 9.00. The molecule has 0 unspecified atom stereocenters. The van der Waals surface area contributed by atoms with Crippen LogP contribution in [0, 0.1) is 0 Å². The summed E-state index contributed by atoms with van der Waals surface area (Å²) < 4.78 is 11.0. The van der Waals surface area contributed by atoms with Crippen LogP contribution in [0.5, 0.6) is 5.75 Å². The first-order chi connectivity index (χ1) is 12.2. The van der Waals surface area contributed by atoms with Gasteiger partial charge >= 0.3 is 0 Å². The average molecular weight is 363 g/mol. The Balaban J connectivity index is 1.34. The molecule has 0 radical (unpaired) electrons. The number of carbonyl (C=O) groups excluding carboxylic acids is 1. The van der Waals surface area contributed by atoms with E-state index in [0.29, 0.717) is 24.5 Å². The third kappa shape index (κ3) is 5.25. The topological polar surface area (TPSA) is 45.9 Å². The Morgan fingerprint density at radius 1 is 1.12 bits per heavy atom. The van der Waals surface area contributed by atoms with Crippen LogP contribution >= 0.6 is 11.6 Å².